The molecule has 1 aliphatic heterocycles. The van der Waals surface area contributed by atoms with Crippen LogP contribution in [0.3, 0.4) is 0 Å². The Morgan fingerprint density at radius 1 is 1.39 bits per heavy atom. The fraction of sp³-hybridized carbons (Fsp3) is 0.917. The van der Waals surface area contributed by atoms with Gasteiger partial charge in [-0.3, -0.25) is 4.99 Å². The number of aliphatic imine (C=N–C) groups is 1. The zero-order valence-corrected chi connectivity index (χ0v) is 12.5. The number of hydrogen-bond donors (Lipinski definition) is 1. The number of nitrogens with one attached hydrogen (secondary N) is 1. The summed E-state index contributed by atoms with van der Waals surface area (Å²) in [5, 5.41) is 3.23. The van der Waals surface area contributed by atoms with Crippen LogP contribution in [0, 0.1) is 5.92 Å². The first-order valence-corrected chi connectivity index (χ1v) is 8.69. The van der Waals surface area contributed by atoms with Crippen molar-refractivity contribution in [1.82, 2.24) is 10.2 Å². The molecular weight excluding hydrogens is 250 g/mol. The van der Waals surface area contributed by atoms with Gasteiger partial charge in [-0.25, -0.2) is 8.42 Å². The SMILES string of the molecule is CCNC(=NCCS(C)(=O)=O)N1CCC(C)CC1. The van der Waals surface area contributed by atoms with Gasteiger partial charge in [0, 0.05) is 25.9 Å². The molecule has 0 amide bonds. The highest BCUT2D eigenvalue weighted by molar-refractivity contribution is 7.90. The predicted molar refractivity (Wildman–Crippen MR) is 75.7 cm³/mol. The van der Waals surface area contributed by atoms with Gasteiger partial charge in [-0.05, 0) is 25.7 Å². The Balaban J connectivity index is 2.55. The largest absolute Gasteiger partial charge is 0.357 e. The summed E-state index contributed by atoms with van der Waals surface area (Å²) < 4.78 is 22.2. The first kappa shape index (κ1) is 15.3. The number of rotatable bonds is 4. The number of likely N-dealkylation sites (tertiary alicyclic amines) is 1. The number of guanidine groups is 1. The van der Waals surface area contributed by atoms with E-state index in [9.17, 15) is 8.42 Å². The minimum atomic E-state index is -2.93. The monoisotopic (exact) mass is 275 g/mol. The minimum Gasteiger partial charge on any atom is -0.357 e. The second-order valence-electron chi connectivity index (χ2n) is 5.04. The van der Waals surface area contributed by atoms with Gasteiger partial charge in [-0.15, -0.1) is 0 Å². The Morgan fingerprint density at radius 2 is 2.00 bits per heavy atom. The van der Waals surface area contributed by atoms with Crippen LogP contribution in [0.2, 0.25) is 0 Å². The zero-order valence-electron chi connectivity index (χ0n) is 11.6. The van der Waals surface area contributed by atoms with Crippen molar-refractivity contribution in [3.05, 3.63) is 0 Å². The van der Waals surface area contributed by atoms with Gasteiger partial charge in [0.1, 0.15) is 9.84 Å². The molecule has 0 aliphatic carbocycles. The summed E-state index contributed by atoms with van der Waals surface area (Å²) in [7, 11) is -2.93. The number of piperidine rings is 1. The summed E-state index contributed by atoms with van der Waals surface area (Å²) in [6, 6.07) is 0. The van der Waals surface area contributed by atoms with Gasteiger partial charge < -0.3 is 10.2 Å². The van der Waals surface area contributed by atoms with Gasteiger partial charge in [-0.2, -0.15) is 0 Å². The highest BCUT2D eigenvalue weighted by Gasteiger charge is 2.18. The first-order valence-electron chi connectivity index (χ1n) is 6.63. The Labute approximate surface area is 111 Å². The molecule has 1 saturated heterocycles. The fourth-order valence-corrected chi connectivity index (χ4v) is 2.39. The second-order valence-corrected chi connectivity index (χ2v) is 7.29. The van der Waals surface area contributed by atoms with E-state index in [1.54, 1.807) is 0 Å². The number of sulfone groups is 1. The van der Waals surface area contributed by atoms with Crippen LogP contribution in [0.5, 0.6) is 0 Å². The lowest BCUT2D eigenvalue weighted by molar-refractivity contribution is 0.273. The van der Waals surface area contributed by atoms with E-state index >= 15 is 0 Å². The normalized spacial score (nSPS) is 19.1. The van der Waals surface area contributed by atoms with Crippen molar-refractivity contribution < 1.29 is 8.42 Å². The molecular formula is C12H25N3O2S. The number of hydrogen-bond acceptors (Lipinski definition) is 3. The first-order chi connectivity index (χ1) is 8.42. The van der Waals surface area contributed by atoms with Gasteiger partial charge in [0.15, 0.2) is 5.96 Å². The van der Waals surface area contributed by atoms with Crippen LogP contribution in [0.4, 0.5) is 0 Å². The lowest BCUT2D eigenvalue weighted by atomic mass is 10.00. The third-order valence-corrected chi connectivity index (χ3v) is 4.07. The lowest BCUT2D eigenvalue weighted by Gasteiger charge is -2.32. The molecule has 0 spiro atoms. The smallest absolute Gasteiger partial charge is 0.193 e. The molecule has 18 heavy (non-hydrogen) atoms. The second kappa shape index (κ2) is 6.97. The van der Waals surface area contributed by atoms with Crippen molar-refractivity contribution in [2.75, 3.05) is 38.2 Å². The molecule has 0 radical (unpaired) electrons. The number of nitrogens with zero attached hydrogens (tertiary/aromatic N) is 2. The maximum atomic E-state index is 11.1. The van der Waals surface area contributed by atoms with Crippen molar-refractivity contribution in [1.29, 1.82) is 0 Å². The molecule has 6 heteroatoms. The standard InChI is InChI=1S/C12H25N3O2S/c1-4-13-12(14-7-10-18(3,16)17)15-8-5-11(2)6-9-15/h11H,4-10H2,1-3H3,(H,13,14). The molecule has 1 heterocycles. The Kier molecular flexibility index (Phi) is 5.91. The van der Waals surface area contributed by atoms with Gasteiger partial charge >= 0.3 is 0 Å². The van der Waals surface area contributed by atoms with Crippen molar-refractivity contribution in [2.24, 2.45) is 10.9 Å². The maximum Gasteiger partial charge on any atom is 0.193 e. The van der Waals surface area contributed by atoms with E-state index in [1.807, 2.05) is 6.92 Å². The zero-order chi connectivity index (χ0) is 13.6. The van der Waals surface area contributed by atoms with E-state index in [4.69, 9.17) is 0 Å². The molecule has 0 aromatic carbocycles. The van der Waals surface area contributed by atoms with Crippen LogP contribution in [0.15, 0.2) is 4.99 Å². The van der Waals surface area contributed by atoms with Gasteiger partial charge in [-0.1, -0.05) is 6.92 Å². The van der Waals surface area contributed by atoms with Crippen molar-refractivity contribution in [3.8, 4) is 0 Å². The summed E-state index contributed by atoms with van der Waals surface area (Å²) in [4.78, 5) is 6.63. The van der Waals surface area contributed by atoms with Crippen molar-refractivity contribution in [2.45, 2.75) is 26.7 Å². The molecule has 1 rings (SSSR count). The average Bonchev–Trinajstić information content (AvgIpc) is 2.27. The van der Waals surface area contributed by atoms with Crippen LogP contribution in [-0.4, -0.2) is 57.5 Å². The van der Waals surface area contributed by atoms with Crippen molar-refractivity contribution in [3.63, 3.8) is 0 Å². The Morgan fingerprint density at radius 3 is 2.50 bits per heavy atom. The van der Waals surface area contributed by atoms with Crippen LogP contribution < -0.4 is 5.32 Å². The summed E-state index contributed by atoms with van der Waals surface area (Å²) in [5.74, 6) is 1.75. The van der Waals surface area contributed by atoms with Gasteiger partial charge in [0.05, 0.1) is 12.3 Å². The molecule has 1 fully saturated rings. The van der Waals surface area contributed by atoms with E-state index in [-0.39, 0.29) is 5.75 Å². The predicted octanol–water partition coefficient (Wildman–Crippen LogP) is 0.728. The van der Waals surface area contributed by atoms with Crippen molar-refractivity contribution >= 4 is 15.8 Å². The van der Waals surface area contributed by atoms with Crippen LogP contribution >= 0.6 is 0 Å². The molecule has 1 N–H and O–H groups in total. The van der Waals surface area contributed by atoms with Crippen LogP contribution in [0.25, 0.3) is 0 Å². The van der Waals surface area contributed by atoms with E-state index in [0.29, 0.717) is 6.54 Å². The molecule has 0 atom stereocenters. The highest BCUT2D eigenvalue weighted by atomic mass is 32.2. The highest BCUT2D eigenvalue weighted by Crippen LogP contribution is 2.15. The van der Waals surface area contributed by atoms with Gasteiger partial charge in [0.25, 0.3) is 0 Å². The van der Waals surface area contributed by atoms with Crippen LogP contribution in [-0.2, 0) is 9.84 Å². The third-order valence-electron chi connectivity index (χ3n) is 3.14. The quantitative estimate of drug-likeness (QED) is 0.607. The fourth-order valence-electron chi connectivity index (χ4n) is 1.96. The topological polar surface area (TPSA) is 61.8 Å². The maximum absolute atomic E-state index is 11.1. The van der Waals surface area contributed by atoms with E-state index in [2.05, 4.69) is 22.1 Å². The summed E-state index contributed by atoms with van der Waals surface area (Å²) in [5.41, 5.74) is 0. The van der Waals surface area contributed by atoms with E-state index in [1.165, 1.54) is 19.1 Å². The molecule has 0 aromatic rings. The average molecular weight is 275 g/mol. The third kappa shape index (κ3) is 5.71. The summed E-state index contributed by atoms with van der Waals surface area (Å²) in [6.45, 7) is 7.46. The molecule has 0 unspecified atom stereocenters. The molecule has 106 valence electrons. The van der Waals surface area contributed by atoms with Gasteiger partial charge in [0.2, 0.25) is 0 Å². The summed E-state index contributed by atoms with van der Waals surface area (Å²) in [6.07, 6.45) is 3.60. The van der Waals surface area contributed by atoms with Crippen LogP contribution in [0.1, 0.15) is 26.7 Å². The lowest BCUT2D eigenvalue weighted by Crippen LogP contribution is -2.45. The summed E-state index contributed by atoms with van der Waals surface area (Å²) >= 11 is 0. The molecule has 5 nitrogen and oxygen atoms in total. The Bertz CT molecular complexity index is 371. The molecule has 1 aliphatic rings. The van der Waals surface area contributed by atoms with E-state index in [0.717, 1.165) is 31.5 Å². The molecule has 0 bridgehead atoms. The van der Waals surface area contributed by atoms with E-state index < -0.39 is 9.84 Å². The molecule has 0 saturated carbocycles. The minimum absolute atomic E-state index is 0.117. The molecule has 0 aromatic heterocycles. The Hall–Kier alpha value is -0.780.